The lowest BCUT2D eigenvalue weighted by atomic mass is 10.0. The first-order valence-electron chi connectivity index (χ1n) is 22.7. The Morgan fingerprint density at radius 3 is 0.902 bits per heavy atom. The third-order valence-corrected chi connectivity index (χ3v) is 10.4. The van der Waals surface area contributed by atoms with Crippen LogP contribution in [-0.4, -0.2) is 75.2 Å². The van der Waals surface area contributed by atoms with Gasteiger partial charge in [0.05, 0.1) is 0 Å². The van der Waals surface area contributed by atoms with Gasteiger partial charge in [-0.05, 0) is 46.4 Å². The molecule has 6 nitrogen and oxygen atoms in total. The highest BCUT2D eigenvalue weighted by Crippen LogP contribution is 2.15. The maximum absolute atomic E-state index is 12.3. The average Bonchev–Trinajstić information content (AvgIpc) is 3.11. The topological polar surface area (TPSA) is 59.1 Å². The number of hydrogen-bond donors (Lipinski definition) is 0. The average molecular weight is 723 g/mol. The zero-order valence-corrected chi connectivity index (χ0v) is 35.1. The number of nitrogens with zero attached hydrogens (tertiary/aromatic N) is 2. The normalized spacial score (nSPS) is 11.6. The summed E-state index contributed by atoms with van der Waals surface area (Å²) >= 11 is 0. The summed E-state index contributed by atoms with van der Waals surface area (Å²) in [5.74, 6) is -0.152. The summed E-state index contributed by atoms with van der Waals surface area (Å²) < 4.78 is 11.2. The van der Waals surface area contributed by atoms with Crippen molar-refractivity contribution in [2.24, 2.45) is 0 Å². The van der Waals surface area contributed by atoms with E-state index in [0.29, 0.717) is 39.1 Å². The van der Waals surface area contributed by atoms with Crippen molar-refractivity contribution in [1.29, 1.82) is 0 Å². The summed E-state index contributed by atoms with van der Waals surface area (Å²) in [6, 6.07) is 0. The third-order valence-electron chi connectivity index (χ3n) is 10.4. The molecule has 0 saturated carbocycles. The maximum Gasteiger partial charge on any atom is 0.305 e. The van der Waals surface area contributed by atoms with E-state index in [1.165, 1.54) is 167 Å². The van der Waals surface area contributed by atoms with Crippen molar-refractivity contribution in [2.45, 2.75) is 226 Å². The lowest BCUT2D eigenvalue weighted by Crippen LogP contribution is -2.34. The van der Waals surface area contributed by atoms with Crippen molar-refractivity contribution < 1.29 is 19.1 Å². The molecular formula is C45H90N2O4. The zero-order valence-electron chi connectivity index (χ0n) is 35.1. The van der Waals surface area contributed by atoms with Crippen molar-refractivity contribution in [3.63, 3.8) is 0 Å². The van der Waals surface area contributed by atoms with Crippen LogP contribution >= 0.6 is 0 Å². The van der Waals surface area contributed by atoms with E-state index in [9.17, 15) is 9.59 Å². The Hall–Kier alpha value is -1.14. The number of ether oxygens (including phenoxy) is 2. The molecule has 0 bridgehead atoms. The highest BCUT2D eigenvalue weighted by atomic mass is 16.5. The lowest BCUT2D eigenvalue weighted by molar-refractivity contribution is -0.144. The largest absolute Gasteiger partial charge is 0.464 e. The van der Waals surface area contributed by atoms with Gasteiger partial charge in [0.15, 0.2) is 0 Å². The zero-order chi connectivity index (χ0) is 37.3. The molecule has 0 spiro atoms. The quantitative estimate of drug-likeness (QED) is 0.0462. The molecule has 0 fully saturated rings. The fourth-order valence-corrected chi connectivity index (χ4v) is 6.95. The summed E-state index contributed by atoms with van der Waals surface area (Å²) in [6.45, 7) is 8.68. The monoisotopic (exact) mass is 723 g/mol. The van der Waals surface area contributed by atoms with Crippen LogP contribution in [0.5, 0.6) is 0 Å². The van der Waals surface area contributed by atoms with E-state index in [-0.39, 0.29) is 11.9 Å². The molecule has 0 saturated heterocycles. The van der Waals surface area contributed by atoms with Gasteiger partial charge in [-0.2, -0.15) is 0 Å². The van der Waals surface area contributed by atoms with Gasteiger partial charge in [0.25, 0.3) is 0 Å². The molecule has 0 aromatic carbocycles. The molecule has 0 aliphatic rings. The number of hydrogen-bond acceptors (Lipinski definition) is 6. The Morgan fingerprint density at radius 2 is 0.627 bits per heavy atom. The minimum Gasteiger partial charge on any atom is -0.464 e. The number of carbonyl (C=O) groups excluding carboxylic acids is 2. The summed E-state index contributed by atoms with van der Waals surface area (Å²) in [6.07, 6.45) is 41.8. The van der Waals surface area contributed by atoms with E-state index < -0.39 is 0 Å². The molecule has 0 radical (unpaired) electrons. The highest BCUT2D eigenvalue weighted by molar-refractivity contribution is 5.69. The summed E-state index contributed by atoms with van der Waals surface area (Å²) in [5, 5.41) is 0. The van der Waals surface area contributed by atoms with Gasteiger partial charge in [0.1, 0.15) is 13.2 Å². The van der Waals surface area contributed by atoms with Crippen molar-refractivity contribution in [3.8, 4) is 0 Å². The minimum atomic E-state index is -0.0761. The Morgan fingerprint density at radius 1 is 0.353 bits per heavy atom. The molecule has 0 amide bonds. The molecule has 0 rings (SSSR count). The maximum atomic E-state index is 12.3. The van der Waals surface area contributed by atoms with Gasteiger partial charge in [-0.3, -0.25) is 14.5 Å². The van der Waals surface area contributed by atoms with Crippen molar-refractivity contribution in [2.75, 3.05) is 53.5 Å². The summed E-state index contributed by atoms with van der Waals surface area (Å²) in [7, 11) is 4.17. The molecule has 0 heterocycles. The molecule has 0 atom stereocenters. The molecule has 0 aliphatic heterocycles. The molecule has 0 aliphatic carbocycles. The Bertz CT molecular complexity index is 664. The fourth-order valence-electron chi connectivity index (χ4n) is 6.95. The van der Waals surface area contributed by atoms with Crippen molar-refractivity contribution >= 4 is 11.9 Å². The molecule has 0 unspecified atom stereocenters. The third kappa shape index (κ3) is 41.5. The highest BCUT2D eigenvalue weighted by Gasteiger charge is 2.10. The predicted molar refractivity (Wildman–Crippen MR) is 221 cm³/mol. The van der Waals surface area contributed by atoms with E-state index in [1.807, 2.05) is 0 Å². The van der Waals surface area contributed by atoms with Crippen molar-refractivity contribution in [1.82, 2.24) is 9.80 Å². The van der Waals surface area contributed by atoms with Gasteiger partial charge >= 0.3 is 11.9 Å². The second kappa shape index (κ2) is 41.6. The van der Waals surface area contributed by atoms with Gasteiger partial charge < -0.3 is 14.4 Å². The van der Waals surface area contributed by atoms with E-state index in [4.69, 9.17) is 9.47 Å². The van der Waals surface area contributed by atoms with Gasteiger partial charge in [0, 0.05) is 25.9 Å². The van der Waals surface area contributed by atoms with Crippen molar-refractivity contribution in [3.05, 3.63) is 0 Å². The summed E-state index contributed by atoms with van der Waals surface area (Å²) in [4.78, 5) is 29.1. The number of carbonyl (C=O) groups is 2. The Labute approximate surface area is 319 Å². The predicted octanol–water partition coefficient (Wildman–Crippen LogP) is 12.8. The van der Waals surface area contributed by atoms with Crippen LogP contribution in [0.3, 0.4) is 0 Å². The number of esters is 2. The van der Waals surface area contributed by atoms with Crippen LogP contribution in [0.4, 0.5) is 0 Å². The second-order valence-corrected chi connectivity index (χ2v) is 15.8. The smallest absolute Gasteiger partial charge is 0.305 e. The van der Waals surface area contributed by atoms with E-state index in [0.717, 1.165) is 45.2 Å². The van der Waals surface area contributed by atoms with E-state index >= 15 is 0 Å². The fraction of sp³-hybridized carbons (Fsp3) is 0.956. The second-order valence-electron chi connectivity index (χ2n) is 15.8. The molecule has 51 heavy (non-hydrogen) atoms. The molecule has 0 aromatic heterocycles. The molecule has 0 aromatic rings. The van der Waals surface area contributed by atoms with Crippen LogP contribution in [0.25, 0.3) is 0 Å². The first kappa shape index (κ1) is 49.9. The first-order valence-corrected chi connectivity index (χ1v) is 22.7. The van der Waals surface area contributed by atoms with Crippen LogP contribution in [-0.2, 0) is 19.1 Å². The SMILES string of the molecule is CCCCCCCCCCCCCCCCCC(=O)OCCN(CCCN(C)C)CCOC(=O)CCCCCCCCCCCCCCCCC. The van der Waals surface area contributed by atoms with Gasteiger partial charge in [-0.25, -0.2) is 0 Å². The van der Waals surface area contributed by atoms with E-state index in [2.05, 4.69) is 37.7 Å². The van der Waals surface area contributed by atoms with E-state index in [1.54, 1.807) is 0 Å². The molecule has 304 valence electrons. The van der Waals surface area contributed by atoms with Crippen LogP contribution in [0.15, 0.2) is 0 Å². The minimum absolute atomic E-state index is 0.0761. The number of unbranched alkanes of at least 4 members (excludes halogenated alkanes) is 28. The van der Waals surface area contributed by atoms with Crippen LogP contribution in [0.1, 0.15) is 226 Å². The van der Waals surface area contributed by atoms with Gasteiger partial charge in [0.2, 0.25) is 0 Å². The number of rotatable bonds is 42. The Kier molecular flexibility index (Phi) is 40.7. The summed E-state index contributed by atoms with van der Waals surface area (Å²) in [5.41, 5.74) is 0. The molecule has 0 N–H and O–H groups in total. The van der Waals surface area contributed by atoms with Crippen LogP contribution in [0.2, 0.25) is 0 Å². The van der Waals surface area contributed by atoms with Gasteiger partial charge in [-0.15, -0.1) is 0 Å². The standard InChI is InChI=1S/C45H90N2O4/c1-5-7-9-11-13-15-17-19-21-23-25-27-29-31-33-36-44(48)50-42-40-47(39-35-38-46(3)4)41-43-51-45(49)37-34-32-30-28-26-24-22-20-18-16-14-12-10-8-6-2/h5-43H2,1-4H3. The molecule has 6 heteroatoms. The van der Waals surface area contributed by atoms with Gasteiger partial charge in [-0.1, -0.05) is 194 Å². The van der Waals surface area contributed by atoms with Crippen LogP contribution in [0, 0.1) is 0 Å². The Balaban J connectivity index is 3.80. The lowest BCUT2D eigenvalue weighted by Gasteiger charge is -2.23. The first-order chi connectivity index (χ1) is 25.0. The molecular weight excluding hydrogens is 633 g/mol. The van der Waals surface area contributed by atoms with Crippen LogP contribution < -0.4 is 0 Å².